The summed E-state index contributed by atoms with van der Waals surface area (Å²) in [4.78, 5) is 11.9. The van der Waals surface area contributed by atoms with Gasteiger partial charge in [-0.25, -0.2) is 4.79 Å². The van der Waals surface area contributed by atoms with E-state index >= 15 is 0 Å². The van der Waals surface area contributed by atoms with Gasteiger partial charge in [-0.15, -0.1) is 0 Å². The molecular weight excluding hydrogens is 242 g/mol. The number of carbonyl (C=O) groups is 1. The summed E-state index contributed by atoms with van der Waals surface area (Å²) in [5.41, 5.74) is 8.20. The molecule has 2 amide bonds. The van der Waals surface area contributed by atoms with Crippen LogP contribution in [0.4, 0.5) is 16.3 Å². The lowest BCUT2D eigenvalue weighted by Gasteiger charge is -2.07. The van der Waals surface area contributed by atoms with Gasteiger partial charge in [0.15, 0.2) is 5.82 Å². The van der Waals surface area contributed by atoms with Gasteiger partial charge < -0.3 is 11.1 Å². The molecule has 100 valence electrons. The van der Waals surface area contributed by atoms with E-state index in [9.17, 15) is 4.79 Å². The number of carbonyl (C=O) groups excluding carboxylic acids is 1. The summed E-state index contributed by atoms with van der Waals surface area (Å²) < 4.78 is 1.62. The molecule has 19 heavy (non-hydrogen) atoms. The maximum absolute atomic E-state index is 11.9. The van der Waals surface area contributed by atoms with E-state index in [2.05, 4.69) is 15.7 Å². The minimum Gasteiger partial charge on any atom is -0.326 e. The molecule has 0 spiro atoms. The molecule has 1 aromatic heterocycles. The van der Waals surface area contributed by atoms with Crippen LogP contribution in [0.15, 0.2) is 30.5 Å². The average Bonchev–Trinajstić information content (AvgIpc) is 2.69. The van der Waals surface area contributed by atoms with Crippen molar-refractivity contribution in [1.82, 2.24) is 9.78 Å². The quantitative estimate of drug-likeness (QED) is 0.786. The molecule has 0 atom stereocenters. The minimum atomic E-state index is -0.334. The summed E-state index contributed by atoms with van der Waals surface area (Å²) in [6.07, 6.45) is 1.78. The molecule has 0 bridgehead atoms. The van der Waals surface area contributed by atoms with E-state index in [1.54, 1.807) is 17.9 Å². The maximum atomic E-state index is 11.9. The third kappa shape index (κ3) is 3.32. The molecule has 6 nitrogen and oxygen atoms in total. The van der Waals surface area contributed by atoms with Crippen LogP contribution in [0, 0.1) is 6.92 Å². The molecule has 1 heterocycles. The van der Waals surface area contributed by atoms with Crippen LogP contribution in [0.3, 0.4) is 0 Å². The summed E-state index contributed by atoms with van der Waals surface area (Å²) in [5.74, 6) is 0.482. The molecule has 2 rings (SSSR count). The van der Waals surface area contributed by atoms with Gasteiger partial charge in [0.05, 0.1) is 0 Å². The van der Waals surface area contributed by atoms with Gasteiger partial charge in [0.1, 0.15) is 0 Å². The molecule has 0 radical (unpaired) electrons. The smallest absolute Gasteiger partial charge is 0.324 e. The molecular formula is C13H17N5O. The standard InChI is InChI=1S/C13H17N5O/c1-9-4-3-5-11(6-9)15-13(19)16-12-10(7-14)8-18(2)17-12/h3-6,8H,7,14H2,1-2H3,(H2,15,16,17,19). The van der Waals surface area contributed by atoms with E-state index in [4.69, 9.17) is 5.73 Å². The van der Waals surface area contributed by atoms with Crippen molar-refractivity contribution in [2.24, 2.45) is 12.8 Å². The highest BCUT2D eigenvalue weighted by Crippen LogP contribution is 2.13. The van der Waals surface area contributed by atoms with Crippen molar-refractivity contribution in [2.45, 2.75) is 13.5 Å². The van der Waals surface area contributed by atoms with Gasteiger partial charge in [0.25, 0.3) is 0 Å². The largest absolute Gasteiger partial charge is 0.326 e. The van der Waals surface area contributed by atoms with Crippen LogP contribution in [-0.2, 0) is 13.6 Å². The zero-order valence-electron chi connectivity index (χ0n) is 11.0. The van der Waals surface area contributed by atoms with Crippen LogP contribution < -0.4 is 16.4 Å². The molecule has 6 heteroatoms. The topological polar surface area (TPSA) is 85.0 Å². The number of rotatable bonds is 3. The predicted molar refractivity (Wildman–Crippen MR) is 74.9 cm³/mol. The molecule has 0 fully saturated rings. The fourth-order valence-electron chi connectivity index (χ4n) is 1.78. The van der Waals surface area contributed by atoms with Crippen LogP contribution in [0.2, 0.25) is 0 Å². The Hall–Kier alpha value is -2.34. The number of nitrogens with zero attached hydrogens (tertiary/aromatic N) is 2. The monoisotopic (exact) mass is 259 g/mol. The number of anilines is 2. The van der Waals surface area contributed by atoms with Crippen molar-refractivity contribution < 1.29 is 4.79 Å². The van der Waals surface area contributed by atoms with E-state index < -0.39 is 0 Å². The van der Waals surface area contributed by atoms with Crippen LogP contribution in [0.25, 0.3) is 0 Å². The Labute approximate surface area is 111 Å². The van der Waals surface area contributed by atoms with Crippen molar-refractivity contribution in [3.05, 3.63) is 41.6 Å². The fourth-order valence-corrected chi connectivity index (χ4v) is 1.78. The van der Waals surface area contributed by atoms with E-state index in [-0.39, 0.29) is 6.03 Å². The van der Waals surface area contributed by atoms with Gasteiger partial charge in [-0.3, -0.25) is 10.00 Å². The summed E-state index contributed by atoms with van der Waals surface area (Å²) in [6.45, 7) is 2.29. The molecule has 0 saturated carbocycles. The number of benzene rings is 1. The first-order valence-corrected chi connectivity index (χ1v) is 5.95. The summed E-state index contributed by atoms with van der Waals surface area (Å²) in [5, 5.41) is 9.59. The molecule has 0 aliphatic carbocycles. The Morgan fingerprint density at radius 3 is 2.89 bits per heavy atom. The zero-order chi connectivity index (χ0) is 13.8. The van der Waals surface area contributed by atoms with Gasteiger partial charge in [0, 0.05) is 31.0 Å². The van der Waals surface area contributed by atoms with E-state index in [1.165, 1.54) is 0 Å². The second kappa shape index (κ2) is 5.53. The lowest BCUT2D eigenvalue weighted by atomic mass is 10.2. The molecule has 0 aliphatic heterocycles. The van der Waals surface area contributed by atoms with Crippen LogP contribution >= 0.6 is 0 Å². The number of aryl methyl sites for hydroxylation is 2. The first kappa shape index (κ1) is 13.1. The van der Waals surface area contributed by atoms with Crippen molar-refractivity contribution in [1.29, 1.82) is 0 Å². The fraction of sp³-hybridized carbons (Fsp3) is 0.231. The number of nitrogens with two attached hydrogens (primary N) is 1. The van der Waals surface area contributed by atoms with Crippen molar-refractivity contribution in [3.8, 4) is 0 Å². The first-order chi connectivity index (χ1) is 9.08. The summed E-state index contributed by atoms with van der Waals surface area (Å²) >= 11 is 0. The third-order valence-corrected chi connectivity index (χ3v) is 2.63. The average molecular weight is 259 g/mol. The minimum absolute atomic E-state index is 0.327. The van der Waals surface area contributed by atoms with Crippen LogP contribution in [0.5, 0.6) is 0 Å². The number of hydrogen-bond donors (Lipinski definition) is 3. The van der Waals surface area contributed by atoms with Crippen molar-refractivity contribution in [2.75, 3.05) is 10.6 Å². The van der Waals surface area contributed by atoms with Gasteiger partial charge in [-0.05, 0) is 24.6 Å². The summed E-state index contributed by atoms with van der Waals surface area (Å²) in [6, 6.07) is 7.24. The first-order valence-electron chi connectivity index (χ1n) is 5.95. The highest BCUT2D eigenvalue weighted by atomic mass is 16.2. The molecule has 0 aliphatic rings. The number of aromatic nitrogens is 2. The Balaban J connectivity index is 2.05. The lowest BCUT2D eigenvalue weighted by Crippen LogP contribution is -2.20. The molecule has 2 aromatic rings. The number of amides is 2. The Kier molecular flexibility index (Phi) is 3.82. The van der Waals surface area contributed by atoms with Gasteiger partial charge in [0.2, 0.25) is 0 Å². The van der Waals surface area contributed by atoms with Crippen LogP contribution in [0.1, 0.15) is 11.1 Å². The zero-order valence-corrected chi connectivity index (χ0v) is 11.0. The second-order valence-electron chi connectivity index (χ2n) is 4.33. The van der Waals surface area contributed by atoms with E-state index in [1.807, 2.05) is 31.2 Å². The Morgan fingerprint density at radius 2 is 2.21 bits per heavy atom. The van der Waals surface area contributed by atoms with E-state index in [0.29, 0.717) is 12.4 Å². The molecule has 0 unspecified atom stereocenters. The molecule has 4 N–H and O–H groups in total. The number of hydrogen-bond acceptors (Lipinski definition) is 3. The number of urea groups is 1. The van der Waals surface area contributed by atoms with E-state index in [0.717, 1.165) is 16.8 Å². The summed E-state index contributed by atoms with van der Waals surface area (Å²) in [7, 11) is 1.78. The Morgan fingerprint density at radius 1 is 1.42 bits per heavy atom. The molecule has 0 saturated heterocycles. The second-order valence-corrected chi connectivity index (χ2v) is 4.33. The molecule has 1 aromatic carbocycles. The highest BCUT2D eigenvalue weighted by Gasteiger charge is 2.10. The highest BCUT2D eigenvalue weighted by molar-refractivity contribution is 5.99. The third-order valence-electron chi connectivity index (χ3n) is 2.63. The number of nitrogens with one attached hydrogen (secondary N) is 2. The van der Waals surface area contributed by atoms with Crippen LogP contribution in [-0.4, -0.2) is 15.8 Å². The maximum Gasteiger partial charge on any atom is 0.324 e. The normalized spacial score (nSPS) is 10.3. The lowest BCUT2D eigenvalue weighted by molar-refractivity contribution is 0.262. The Bertz CT molecular complexity index is 590. The van der Waals surface area contributed by atoms with Crippen molar-refractivity contribution in [3.63, 3.8) is 0 Å². The predicted octanol–water partition coefficient (Wildman–Crippen LogP) is 1.83. The van der Waals surface area contributed by atoms with Gasteiger partial charge in [-0.2, -0.15) is 5.10 Å². The van der Waals surface area contributed by atoms with Gasteiger partial charge in [-0.1, -0.05) is 12.1 Å². The van der Waals surface area contributed by atoms with Gasteiger partial charge >= 0.3 is 6.03 Å². The van der Waals surface area contributed by atoms with Crippen molar-refractivity contribution >= 4 is 17.5 Å². The SMILES string of the molecule is Cc1cccc(NC(=O)Nc2nn(C)cc2CN)c1.